The summed E-state index contributed by atoms with van der Waals surface area (Å²) in [5.41, 5.74) is 2.18. The zero-order valence-corrected chi connectivity index (χ0v) is 15.7. The minimum Gasteiger partial charge on any atom is -0.494 e. The number of carboxylic acid groups (broad SMARTS) is 1. The van der Waals surface area contributed by atoms with Crippen LogP contribution in [-0.2, 0) is 17.6 Å². The molecule has 0 aromatic heterocycles. The molecular formula is C21H25F2NO3. The number of benzene rings is 2. The van der Waals surface area contributed by atoms with Crippen molar-refractivity contribution in [3.63, 3.8) is 0 Å². The molecule has 2 aromatic carbocycles. The second kappa shape index (κ2) is 9.90. The third kappa shape index (κ3) is 5.94. The summed E-state index contributed by atoms with van der Waals surface area (Å²) in [6.07, 6.45) is 1.62. The molecule has 0 bridgehead atoms. The van der Waals surface area contributed by atoms with Gasteiger partial charge in [-0.1, -0.05) is 12.1 Å². The van der Waals surface area contributed by atoms with Gasteiger partial charge in [0.15, 0.2) is 11.6 Å². The van der Waals surface area contributed by atoms with Crippen LogP contribution in [0.2, 0.25) is 0 Å². The number of aryl methyl sites for hydroxylation is 2. The Bertz CT molecular complexity index is 780. The standard InChI is InChI=1S/C21H25F2NO3/c1-3-24(17-9-10-18(22)20(14-17)27-2)12-4-5-15-6-7-16(19(23)13-15)8-11-21(25)26/h6-7,9-10,13-14H,3-5,8,11-12H2,1-2H3,(H,25,26). The molecule has 0 fully saturated rings. The summed E-state index contributed by atoms with van der Waals surface area (Å²) in [5.74, 6) is -1.47. The molecule has 2 aromatic rings. The molecule has 0 unspecified atom stereocenters. The molecule has 0 amide bonds. The van der Waals surface area contributed by atoms with Crippen LogP contribution in [0.15, 0.2) is 36.4 Å². The van der Waals surface area contributed by atoms with E-state index in [9.17, 15) is 13.6 Å². The van der Waals surface area contributed by atoms with Crippen molar-refractivity contribution in [1.29, 1.82) is 0 Å². The number of rotatable bonds is 10. The summed E-state index contributed by atoms with van der Waals surface area (Å²) < 4.78 is 32.7. The smallest absolute Gasteiger partial charge is 0.303 e. The highest BCUT2D eigenvalue weighted by molar-refractivity contribution is 5.67. The maximum Gasteiger partial charge on any atom is 0.303 e. The Morgan fingerprint density at radius 1 is 1.11 bits per heavy atom. The van der Waals surface area contributed by atoms with Crippen molar-refractivity contribution in [1.82, 2.24) is 0 Å². The highest BCUT2D eigenvalue weighted by atomic mass is 19.1. The quantitative estimate of drug-likeness (QED) is 0.665. The van der Waals surface area contributed by atoms with Gasteiger partial charge in [-0.15, -0.1) is 0 Å². The molecular weight excluding hydrogens is 352 g/mol. The lowest BCUT2D eigenvalue weighted by Crippen LogP contribution is -2.24. The lowest BCUT2D eigenvalue weighted by atomic mass is 10.0. The number of nitrogens with zero attached hydrogens (tertiary/aromatic N) is 1. The predicted octanol–water partition coefficient (Wildman–Crippen LogP) is 4.45. The van der Waals surface area contributed by atoms with Crippen LogP contribution in [0.1, 0.15) is 30.9 Å². The van der Waals surface area contributed by atoms with Crippen LogP contribution < -0.4 is 9.64 Å². The Balaban J connectivity index is 1.94. The summed E-state index contributed by atoms with van der Waals surface area (Å²) in [7, 11) is 1.44. The Morgan fingerprint density at radius 3 is 2.52 bits per heavy atom. The van der Waals surface area contributed by atoms with Crippen molar-refractivity contribution >= 4 is 11.7 Å². The fourth-order valence-corrected chi connectivity index (χ4v) is 2.98. The molecule has 0 aliphatic heterocycles. The number of halogens is 2. The van der Waals surface area contributed by atoms with E-state index in [0.717, 1.165) is 30.8 Å². The zero-order valence-electron chi connectivity index (χ0n) is 15.7. The molecule has 4 nitrogen and oxygen atoms in total. The van der Waals surface area contributed by atoms with Gasteiger partial charge in [0.05, 0.1) is 7.11 Å². The zero-order chi connectivity index (χ0) is 19.8. The average molecular weight is 377 g/mol. The molecule has 0 atom stereocenters. The van der Waals surface area contributed by atoms with E-state index in [0.29, 0.717) is 12.0 Å². The topological polar surface area (TPSA) is 49.8 Å². The minimum atomic E-state index is -0.935. The largest absolute Gasteiger partial charge is 0.494 e. The van der Waals surface area contributed by atoms with Crippen LogP contribution in [-0.4, -0.2) is 31.3 Å². The first kappa shape index (κ1) is 20.7. The fourth-order valence-electron chi connectivity index (χ4n) is 2.98. The number of hydrogen-bond acceptors (Lipinski definition) is 3. The van der Waals surface area contributed by atoms with Crippen LogP contribution >= 0.6 is 0 Å². The molecule has 0 aliphatic carbocycles. The number of carboxylic acids is 1. The Labute approximate surface area is 158 Å². The van der Waals surface area contributed by atoms with Gasteiger partial charge in [0.25, 0.3) is 0 Å². The number of ether oxygens (including phenoxy) is 1. The molecule has 0 spiro atoms. The lowest BCUT2D eigenvalue weighted by Gasteiger charge is -2.23. The molecule has 6 heteroatoms. The number of hydrogen-bond donors (Lipinski definition) is 1. The van der Waals surface area contributed by atoms with E-state index in [1.807, 2.05) is 13.0 Å². The third-order valence-electron chi connectivity index (χ3n) is 4.50. The van der Waals surface area contributed by atoms with E-state index < -0.39 is 11.8 Å². The van der Waals surface area contributed by atoms with Crippen LogP contribution in [0.4, 0.5) is 14.5 Å². The maximum atomic E-state index is 14.1. The molecule has 146 valence electrons. The molecule has 27 heavy (non-hydrogen) atoms. The first-order chi connectivity index (χ1) is 12.9. The van der Waals surface area contributed by atoms with Gasteiger partial charge in [-0.2, -0.15) is 0 Å². The number of methoxy groups -OCH3 is 1. The van der Waals surface area contributed by atoms with Gasteiger partial charge in [0, 0.05) is 31.3 Å². The molecule has 2 rings (SSSR count). The van der Waals surface area contributed by atoms with Gasteiger partial charge >= 0.3 is 5.97 Å². The minimum absolute atomic E-state index is 0.0805. The van der Waals surface area contributed by atoms with Crippen LogP contribution in [0.3, 0.4) is 0 Å². The molecule has 1 N–H and O–H groups in total. The highest BCUT2D eigenvalue weighted by Crippen LogP contribution is 2.24. The van der Waals surface area contributed by atoms with Gasteiger partial charge in [0.1, 0.15) is 5.82 Å². The van der Waals surface area contributed by atoms with Crippen LogP contribution in [0, 0.1) is 11.6 Å². The lowest BCUT2D eigenvalue weighted by molar-refractivity contribution is -0.136. The molecule has 0 saturated carbocycles. The third-order valence-corrected chi connectivity index (χ3v) is 4.50. The SMILES string of the molecule is CCN(CCCc1ccc(CCC(=O)O)c(F)c1)c1ccc(F)c(OC)c1. The monoisotopic (exact) mass is 377 g/mol. The molecule has 0 saturated heterocycles. The van der Waals surface area contributed by atoms with E-state index in [4.69, 9.17) is 9.84 Å². The predicted molar refractivity (Wildman–Crippen MR) is 102 cm³/mol. The van der Waals surface area contributed by atoms with Crippen molar-refractivity contribution in [3.8, 4) is 5.75 Å². The molecule has 0 aliphatic rings. The van der Waals surface area contributed by atoms with E-state index >= 15 is 0 Å². The van der Waals surface area contributed by atoms with Crippen molar-refractivity contribution in [2.24, 2.45) is 0 Å². The van der Waals surface area contributed by atoms with Crippen molar-refractivity contribution in [2.75, 3.05) is 25.1 Å². The van der Waals surface area contributed by atoms with Gasteiger partial charge in [0.2, 0.25) is 0 Å². The van der Waals surface area contributed by atoms with Crippen molar-refractivity contribution in [3.05, 3.63) is 59.2 Å². The summed E-state index contributed by atoms with van der Waals surface area (Å²) >= 11 is 0. The number of anilines is 1. The summed E-state index contributed by atoms with van der Waals surface area (Å²) in [6.45, 7) is 3.53. The molecule has 0 heterocycles. The first-order valence-electron chi connectivity index (χ1n) is 9.02. The summed E-state index contributed by atoms with van der Waals surface area (Å²) in [4.78, 5) is 12.7. The van der Waals surface area contributed by atoms with Crippen molar-refractivity contribution in [2.45, 2.75) is 32.6 Å². The fraction of sp³-hybridized carbons (Fsp3) is 0.381. The van der Waals surface area contributed by atoms with Gasteiger partial charge in [-0.25, -0.2) is 8.78 Å². The first-order valence-corrected chi connectivity index (χ1v) is 9.02. The highest BCUT2D eigenvalue weighted by Gasteiger charge is 2.10. The second-order valence-corrected chi connectivity index (χ2v) is 6.32. The Hall–Kier alpha value is -2.63. The van der Waals surface area contributed by atoms with E-state index in [2.05, 4.69) is 4.90 Å². The van der Waals surface area contributed by atoms with Crippen molar-refractivity contribution < 1.29 is 23.4 Å². The Morgan fingerprint density at radius 2 is 1.89 bits per heavy atom. The number of carbonyl (C=O) groups is 1. The Kier molecular flexibility index (Phi) is 7.58. The average Bonchev–Trinajstić information content (AvgIpc) is 2.65. The number of aliphatic carboxylic acids is 1. The normalized spacial score (nSPS) is 10.7. The molecule has 0 radical (unpaired) electrons. The van der Waals surface area contributed by atoms with E-state index in [1.54, 1.807) is 18.2 Å². The van der Waals surface area contributed by atoms with Gasteiger partial charge in [-0.3, -0.25) is 4.79 Å². The van der Waals surface area contributed by atoms with Crippen LogP contribution in [0.25, 0.3) is 0 Å². The summed E-state index contributed by atoms with van der Waals surface area (Å²) in [6, 6.07) is 9.78. The second-order valence-electron chi connectivity index (χ2n) is 6.32. The van der Waals surface area contributed by atoms with Gasteiger partial charge < -0.3 is 14.7 Å². The van der Waals surface area contributed by atoms with E-state index in [-0.39, 0.29) is 24.4 Å². The van der Waals surface area contributed by atoms with Gasteiger partial charge in [-0.05, 0) is 55.5 Å². The summed E-state index contributed by atoms with van der Waals surface area (Å²) in [5, 5.41) is 8.70. The maximum absolute atomic E-state index is 14.1. The van der Waals surface area contributed by atoms with Crippen LogP contribution in [0.5, 0.6) is 5.75 Å². The van der Waals surface area contributed by atoms with E-state index in [1.165, 1.54) is 19.2 Å².